The number of anilines is 3. The lowest BCUT2D eigenvalue weighted by Gasteiger charge is -2.30. The second-order valence-corrected chi connectivity index (χ2v) is 10.9. The molecule has 0 aromatic heterocycles. The number of halogens is 1. The lowest BCUT2D eigenvalue weighted by molar-refractivity contribution is -0.115. The highest BCUT2D eigenvalue weighted by molar-refractivity contribution is 8.03. The number of hydrogen-bond acceptors (Lipinski definition) is 5. The largest absolute Gasteiger partial charge is 0.353 e. The van der Waals surface area contributed by atoms with E-state index in [0.29, 0.717) is 38.1 Å². The molecular formula is C34H27ClN4O2S. The van der Waals surface area contributed by atoms with Crippen molar-refractivity contribution in [1.29, 1.82) is 5.26 Å². The molecule has 0 aliphatic carbocycles. The summed E-state index contributed by atoms with van der Waals surface area (Å²) >= 11 is 7.86. The van der Waals surface area contributed by atoms with E-state index in [4.69, 9.17) is 11.6 Å². The molecule has 1 heterocycles. The van der Waals surface area contributed by atoms with Crippen LogP contribution < -0.4 is 15.5 Å². The number of carbonyl (C=O) groups excluding carboxylic acids is 2. The number of allylic oxidation sites excluding steroid dienone is 2. The normalized spacial score (nSPS) is 14.5. The van der Waals surface area contributed by atoms with Crippen molar-refractivity contribution < 1.29 is 9.59 Å². The SMILES string of the molecule is CC1=C(C(=O)Nc2ccccc2)C(c2ccccc2Cl)C(C#N)=C(SCC(=O)N(c2ccccc2)c2ccccc2)N1. The Morgan fingerprint density at radius 2 is 1.43 bits per heavy atom. The second kappa shape index (κ2) is 13.3. The van der Waals surface area contributed by atoms with Crippen LogP contribution in [-0.4, -0.2) is 17.6 Å². The number of carbonyl (C=O) groups is 2. The maximum absolute atomic E-state index is 13.7. The molecule has 1 atom stereocenters. The first-order valence-corrected chi connectivity index (χ1v) is 14.6. The van der Waals surface area contributed by atoms with Crippen LogP contribution in [0.2, 0.25) is 5.02 Å². The van der Waals surface area contributed by atoms with Gasteiger partial charge in [0.2, 0.25) is 5.91 Å². The summed E-state index contributed by atoms with van der Waals surface area (Å²) in [5.41, 5.74) is 4.02. The first-order valence-electron chi connectivity index (χ1n) is 13.3. The quantitative estimate of drug-likeness (QED) is 0.219. The van der Waals surface area contributed by atoms with Gasteiger partial charge in [0.15, 0.2) is 0 Å². The van der Waals surface area contributed by atoms with Gasteiger partial charge in [-0.1, -0.05) is 96.2 Å². The van der Waals surface area contributed by atoms with E-state index < -0.39 is 5.92 Å². The Kier molecular flexibility index (Phi) is 9.08. The lowest BCUT2D eigenvalue weighted by Crippen LogP contribution is -2.32. The van der Waals surface area contributed by atoms with Crippen LogP contribution in [0.3, 0.4) is 0 Å². The number of dihydropyridines is 1. The highest BCUT2D eigenvalue weighted by Crippen LogP contribution is 2.43. The Bertz CT molecular complexity index is 1660. The highest BCUT2D eigenvalue weighted by Gasteiger charge is 2.36. The third kappa shape index (κ3) is 6.26. The van der Waals surface area contributed by atoms with E-state index in [-0.39, 0.29) is 17.6 Å². The van der Waals surface area contributed by atoms with E-state index in [0.717, 1.165) is 11.4 Å². The molecule has 8 heteroatoms. The average molecular weight is 591 g/mol. The molecule has 42 heavy (non-hydrogen) atoms. The van der Waals surface area contributed by atoms with Crippen molar-refractivity contribution in [2.75, 3.05) is 16.0 Å². The number of rotatable bonds is 8. The zero-order valence-electron chi connectivity index (χ0n) is 22.8. The Morgan fingerprint density at radius 3 is 2.00 bits per heavy atom. The standard InChI is InChI=1S/C34H27ClN4O2S/c1-23-31(33(41)38-24-13-5-2-6-14-24)32(27-19-11-12-20-29(27)35)28(21-36)34(37-23)42-22-30(40)39(25-15-7-3-8-16-25)26-17-9-4-10-18-26/h2-20,32,37H,22H2,1H3,(H,38,41). The van der Waals surface area contributed by atoms with E-state index in [1.165, 1.54) is 11.8 Å². The fourth-order valence-electron chi connectivity index (χ4n) is 4.86. The van der Waals surface area contributed by atoms with Gasteiger partial charge in [-0.2, -0.15) is 5.26 Å². The fourth-order valence-corrected chi connectivity index (χ4v) is 6.04. The summed E-state index contributed by atoms with van der Waals surface area (Å²) in [6.07, 6.45) is 0. The van der Waals surface area contributed by atoms with E-state index in [1.807, 2.05) is 91.0 Å². The maximum atomic E-state index is 13.7. The number of para-hydroxylation sites is 3. The van der Waals surface area contributed by atoms with Crippen LogP contribution >= 0.6 is 23.4 Å². The molecule has 0 saturated heterocycles. The zero-order chi connectivity index (χ0) is 29.5. The first kappa shape index (κ1) is 28.7. The smallest absolute Gasteiger partial charge is 0.254 e. The molecular weight excluding hydrogens is 564 g/mol. The van der Waals surface area contributed by atoms with Crippen molar-refractivity contribution in [3.05, 3.63) is 148 Å². The van der Waals surface area contributed by atoms with Gasteiger partial charge in [0, 0.05) is 33.4 Å². The fraction of sp³-hybridized carbons (Fsp3) is 0.0882. The lowest BCUT2D eigenvalue weighted by atomic mass is 9.82. The van der Waals surface area contributed by atoms with Gasteiger partial charge in [-0.25, -0.2) is 0 Å². The Hall–Kier alpha value is -4.77. The predicted octanol–water partition coefficient (Wildman–Crippen LogP) is 7.77. The van der Waals surface area contributed by atoms with E-state index >= 15 is 0 Å². The molecule has 0 saturated carbocycles. The summed E-state index contributed by atoms with van der Waals surface area (Å²) in [5, 5.41) is 17.6. The van der Waals surface area contributed by atoms with Crippen molar-refractivity contribution in [2.45, 2.75) is 12.8 Å². The molecule has 1 aliphatic rings. The Balaban J connectivity index is 1.49. The van der Waals surface area contributed by atoms with Crippen molar-refractivity contribution in [3.8, 4) is 6.07 Å². The summed E-state index contributed by atoms with van der Waals surface area (Å²) in [4.78, 5) is 29.0. The minimum absolute atomic E-state index is 0.0470. The number of benzene rings is 4. The molecule has 5 rings (SSSR count). The number of nitrogens with zero attached hydrogens (tertiary/aromatic N) is 2. The average Bonchev–Trinajstić information content (AvgIpc) is 3.01. The van der Waals surface area contributed by atoms with Gasteiger partial charge < -0.3 is 10.6 Å². The number of thioether (sulfide) groups is 1. The molecule has 2 amide bonds. The number of hydrogen-bond donors (Lipinski definition) is 2. The van der Waals surface area contributed by atoms with E-state index in [9.17, 15) is 14.9 Å². The van der Waals surface area contributed by atoms with Crippen LogP contribution in [0.15, 0.2) is 137 Å². The summed E-state index contributed by atoms with van der Waals surface area (Å²) < 4.78 is 0. The summed E-state index contributed by atoms with van der Waals surface area (Å²) in [5.74, 6) is -1.19. The van der Waals surface area contributed by atoms with Gasteiger partial charge in [0.25, 0.3) is 5.91 Å². The van der Waals surface area contributed by atoms with Gasteiger partial charge in [0.05, 0.1) is 28.3 Å². The van der Waals surface area contributed by atoms with Crippen LogP contribution in [0.1, 0.15) is 18.4 Å². The van der Waals surface area contributed by atoms with Crippen LogP contribution in [0.25, 0.3) is 0 Å². The molecule has 1 aliphatic heterocycles. The van der Waals surface area contributed by atoms with Gasteiger partial charge in [-0.3, -0.25) is 14.5 Å². The van der Waals surface area contributed by atoms with Gasteiger partial charge in [0.1, 0.15) is 0 Å². The third-order valence-electron chi connectivity index (χ3n) is 6.76. The molecule has 4 aromatic rings. The highest BCUT2D eigenvalue weighted by atomic mass is 35.5. The molecule has 208 valence electrons. The molecule has 1 unspecified atom stereocenters. The summed E-state index contributed by atoms with van der Waals surface area (Å²) in [6.45, 7) is 1.79. The minimum atomic E-state index is -0.731. The molecule has 0 spiro atoms. The molecule has 6 nitrogen and oxygen atoms in total. The predicted molar refractivity (Wildman–Crippen MR) is 170 cm³/mol. The molecule has 0 fully saturated rings. The van der Waals surface area contributed by atoms with Gasteiger partial charge >= 0.3 is 0 Å². The Labute approximate surface area is 254 Å². The molecule has 4 aromatic carbocycles. The monoisotopic (exact) mass is 590 g/mol. The number of amides is 2. The maximum Gasteiger partial charge on any atom is 0.254 e. The van der Waals surface area contributed by atoms with Crippen molar-refractivity contribution in [2.24, 2.45) is 0 Å². The van der Waals surface area contributed by atoms with Crippen molar-refractivity contribution >= 4 is 52.2 Å². The van der Waals surface area contributed by atoms with E-state index in [1.54, 1.807) is 36.1 Å². The van der Waals surface area contributed by atoms with Crippen molar-refractivity contribution in [3.63, 3.8) is 0 Å². The molecule has 2 N–H and O–H groups in total. The second-order valence-electron chi connectivity index (χ2n) is 9.48. The first-order chi connectivity index (χ1) is 20.5. The van der Waals surface area contributed by atoms with E-state index in [2.05, 4.69) is 16.7 Å². The van der Waals surface area contributed by atoms with Crippen LogP contribution in [-0.2, 0) is 9.59 Å². The van der Waals surface area contributed by atoms with Crippen LogP contribution in [0, 0.1) is 11.3 Å². The summed E-state index contributed by atoms with van der Waals surface area (Å²) in [7, 11) is 0. The number of nitriles is 1. The minimum Gasteiger partial charge on any atom is -0.353 e. The topological polar surface area (TPSA) is 85.2 Å². The molecule has 0 radical (unpaired) electrons. The zero-order valence-corrected chi connectivity index (χ0v) is 24.3. The Morgan fingerprint density at radius 1 is 0.881 bits per heavy atom. The molecule has 0 bridgehead atoms. The van der Waals surface area contributed by atoms with Crippen molar-refractivity contribution in [1.82, 2.24) is 5.32 Å². The van der Waals surface area contributed by atoms with Gasteiger partial charge in [-0.05, 0) is 55.0 Å². The van der Waals surface area contributed by atoms with Gasteiger partial charge in [-0.15, -0.1) is 0 Å². The van der Waals surface area contributed by atoms with Crippen LogP contribution in [0.5, 0.6) is 0 Å². The number of nitrogens with one attached hydrogen (secondary N) is 2. The third-order valence-corrected chi connectivity index (χ3v) is 8.10. The summed E-state index contributed by atoms with van der Waals surface area (Å²) in [6, 6.07) is 37.5. The van der Waals surface area contributed by atoms with Crippen LogP contribution in [0.4, 0.5) is 17.1 Å².